The Balaban J connectivity index is 2.07. The molecule has 1 aromatic rings. The predicted molar refractivity (Wildman–Crippen MR) is 84.6 cm³/mol. The lowest BCUT2D eigenvalue weighted by atomic mass is 9.90. The second-order valence-corrected chi connectivity index (χ2v) is 8.55. The molecule has 0 radical (unpaired) electrons. The molecule has 6 nitrogen and oxygen atoms in total. The fraction of sp³-hybridized carbons (Fsp3) is 0.500. The minimum atomic E-state index is -3.73. The molecule has 1 aromatic carbocycles. The van der Waals surface area contributed by atoms with E-state index in [-0.39, 0.29) is 17.3 Å². The van der Waals surface area contributed by atoms with Gasteiger partial charge < -0.3 is 10.0 Å². The molecule has 2 atom stereocenters. The molecule has 1 amide bonds. The Labute approximate surface area is 140 Å². The predicted octanol–water partition coefficient (Wildman–Crippen LogP) is 1.56. The maximum absolute atomic E-state index is 12.9. The van der Waals surface area contributed by atoms with Gasteiger partial charge in [0.05, 0.1) is 16.1 Å². The topological polar surface area (TPSA) is 91.8 Å². The Kier molecular flexibility index (Phi) is 4.98. The molecular formula is C16H20FNO5S. The summed E-state index contributed by atoms with van der Waals surface area (Å²) in [6.07, 6.45) is 0.339. The molecule has 1 aliphatic rings. The molecule has 1 aliphatic heterocycles. The van der Waals surface area contributed by atoms with Crippen LogP contribution in [0.4, 0.5) is 4.39 Å². The second kappa shape index (κ2) is 6.51. The zero-order chi connectivity index (χ0) is 18.1. The molecule has 0 aromatic heterocycles. The van der Waals surface area contributed by atoms with E-state index in [0.29, 0.717) is 13.0 Å². The monoisotopic (exact) mass is 357 g/mol. The molecule has 1 saturated heterocycles. The maximum atomic E-state index is 12.9. The van der Waals surface area contributed by atoms with E-state index in [4.69, 9.17) is 0 Å². The van der Waals surface area contributed by atoms with Gasteiger partial charge in [0, 0.05) is 19.0 Å². The minimum absolute atomic E-state index is 0.0413. The van der Waals surface area contributed by atoms with Gasteiger partial charge in [0.15, 0.2) is 9.84 Å². The summed E-state index contributed by atoms with van der Waals surface area (Å²) in [4.78, 5) is 25.0. The summed E-state index contributed by atoms with van der Waals surface area (Å²) in [5.74, 6) is -3.10. The number of halogens is 1. The Hall–Kier alpha value is -1.96. The van der Waals surface area contributed by atoms with Crippen molar-refractivity contribution in [2.75, 3.05) is 18.8 Å². The van der Waals surface area contributed by atoms with Gasteiger partial charge in [0.1, 0.15) is 5.82 Å². The highest BCUT2D eigenvalue weighted by molar-refractivity contribution is 7.91. The lowest BCUT2D eigenvalue weighted by Crippen LogP contribution is -2.39. The number of likely N-dealkylation sites (tertiary alicyclic amines) is 1. The number of aliphatic carboxylic acids is 1. The third kappa shape index (κ3) is 3.75. The zero-order valence-electron chi connectivity index (χ0n) is 13.5. The number of hydrogen-bond acceptors (Lipinski definition) is 4. The van der Waals surface area contributed by atoms with E-state index in [2.05, 4.69) is 0 Å². The van der Waals surface area contributed by atoms with Crippen LogP contribution in [0.25, 0.3) is 0 Å². The average molecular weight is 357 g/mol. The number of amides is 1. The third-order valence-corrected chi connectivity index (χ3v) is 6.29. The second-order valence-electron chi connectivity index (χ2n) is 6.51. The number of hydrogen-bond donors (Lipinski definition) is 1. The lowest BCUT2D eigenvalue weighted by Gasteiger charge is -2.23. The Bertz CT molecular complexity index is 746. The van der Waals surface area contributed by atoms with Gasteiger partial charge in [0.2, 0.25) is 5.91 Å². The van der Waals surface area contributed by atoms with Gasteiger partial charge in [-0.25, -0.2) is 12.8 Å². The van der Waals surface area contributed by atoms with Crippen LogP contribution in [0.2, 0.25) is 0 Å². The van der Waals surface area contributed by atoms with E-state index < -0.39 is 38.7 Å². The van der Waals surface area contributed by atoms with Crippen molar-refractivity contribution in [2.45, 2.75) is 25.2 Å². The number of sulfone groups is 1. The van der Waals surface area contributed by atoms with Gasteiger partial charge in [-0.05, 0) is 37.6 Å². The van der Waals surface area contributed by atoms with Crippen LogP contribution >= 0.6 is 0 Å². The van der Waals surface area contributed by atoms with Gasteiger partial charge >= 0.3 is 5.97 Å². The smallest absolute Gasteiger partial charge is 0.311 e. The molecule has 2 rings (SSSR count). The van der Waals surface area contributed by atoms with Crippen molar-refractivity contribution in [3.8, 4) is 0 Å². The number of carbonyl (C=O) groups is 2. The zero-order valence-corrected chi connectivity index (χ0v) is 14.3. The molecule has 132 valence electrons. The quantitative estimate of drug-likeness (QED) is 0.808. The molecule has 2 unspecified atom stereocenters. The van der Waals surface area contributed by atoms with Crippen LogP contribution in [0.3, 0.4) is 0 Å². The van der Waals surface area contributed by atoms with E-state index in [9.17, 15) is 27.5 Å². The Morgan fingerprint density at radius 1 is 1.33 bits per heavy atom. The van der Waals surface area contributed by atoms with E-state index in [1.165, 1.54) is 24.0 Å². The van der Waals surface area contributed by atoms with Crippen LogP contribution < -0.4 is 0 Å². The Morgan fingerprint density at radius 3 is 2.42 bits per heavy atom. The largest absolute Gasteiger partial charge is 0.481 e. The van der Waals surface area contributed by atoms with Crippen LogP contribution in [0.1, 0.15) is 20.3 Å². The van der Waals surface area contributed by atoms with E-state index in [1.54, 1.807) is 6.92 Å². The van der Waals surface area contributed by atoms with Crippen LogP contribution in [0, 0.1) is 17.2 Å². The summed E-state index contributed by atoms with van der Waals surface area (Å²) in [7, 11) is -3.73. The standard InChI is InChI=1S/C16H20FNO5S/c1-11(9-24(22,23)13-5-3-12(17)4-6-13)14(19)18-8-7-16(2,10-18)15(20)21/h3-6,11H,7-10H2,1-2H3,(H,20,21). The summed E-state index contributed by atoms with van der Waals surface area (Å²) in [5, 5.41) is 9.20. The number of carbonyl (C=O) groups excluding carboxylic acids is 1. The number of nitrogens with zero attached hydrogens (tertiary/aromatic N) is 1. The van der Waals surface area contributed by atoms with Crippen molar-refractivity contribution < 1.29 is 27.5 Å². The van der Waals surface area contributed by atoms with E-state index in [1.807, 2.05) is 0 Å². The van der Waals surface area contributed by atoms with Crippen molar-refractivity contribution in [1.82, 2.24) is 4.90 Å². The Morgan fingerprint density at radius 2 is 1.92 bits per heavy atom. The molecule has 1 heterocycles. The van der Waals surface area contributed by atoms with E-state index in [0.717, 1.165) is 12.1 Å². The number of benzene rings is 1. The number of carboxylic acids is 1. The highest BCUT2D eigenvalue weighted by Gasteiger charge is 2.43. The van der Waals surface area contributed by atoms with Crippen molar-refractivity contribution in [3.05, 3.63) is 30.1 Å². The molecule has 0 spiro atoms. The first-order valence-corrected chi connectivity index (χ1v) is 9.21. The highest BCUT2D eigenvalue weighted by atomic mass is 32.2. The summed E-state index contributed by atoms with van der Waals surface area (Å²) >= 11 is 0. The van der Waals surface area contributed by atoms with Crippen LogP contribution in [-0.2, 0) is 19.4 Å². The normalized spacial score (nSPS) is 22.4. The molecular weight excluding hydrogens is 337 g/mol. The van der Waals surface area contributed by atoms with Crippen molar-refractivity contribution in [2.24, 2.45) is 11.3 Å². The first-order chi connectivity index (χ1) is 11.0. The maximum Gasteiger partial charge on any atom is 0.311 e. The number of carboxylic acid groups (broad SMARTS) is 1. The molecule has 1 N–H and O–H groups in total. The average Bonchev–Trinajstić information content (AvgIpc) is 2.90. The summed E-state index contributed by atoms with van der Waals surface area (Å²) < 4.78 is 37.5. The van der Waals surface area contributed by atoms with Gasteiger partial charge in [-0.3, -0.25) is 9.59 Å². The lowest BCUT2D eigenvalue weighted by molar-refractivity contribution is -0.147. The third-order valence-electron chi connectivity index (χ3n) is 4.37. The minimum Gasteiger partial charge on any atom is -0.481 e. The van der Waals surface area contributed by atoms with Crippen LogP contribution in [-0.4, -0.2) is 49.1 Å². The summed E-state index contributed by atoms with van der Waals surface area (Å²) in [6, 6.07) is 4.44. The molecule has 1 fully saturated rings. The van der Waals surface area contributed by atoms with Gasteiger partial charge in [-0.2, -0.15) is 0 Å². The fourth-order valence-electron chi connectivity index (χ4n) is 2.77. The number of rotatable bonds is 5. The molecule has 24 heavy (non-hydrogen) atoms. The molecule has 0 saturated carbocycles. The molecule has 0 aliphatic carbocycles. The highest BCUT2D eigenvalue weighted by Crippen LogP contribution is 2.31. The SMILES string of the molecule is CC(CS(=O)(=O)c1ccc(F)cc1)C(=O)N1CCC(C)(C(=O)O)C1. The van der Waals surface area contributed by atoms with E-state index >= 15 is 0 Å². The van der Waals surface area contributed by atoms with Gasteiger partial charge in [0.25, 0.3) is 0 Å². The van der Waals surface area contributed by atoms with Gasteiger partial charge in [-0.15, -0.1) is 0 Å². The van der Waals surface area contributed by atoms with Crippen molar-refractivity contribution in [1.29, 1.82) is 0 Å². The molecule has 8 heteroatoms. The summed E-state index contributed by atoms with van der Waals surface area (Å²) in [5.41, 5.74) is -0.995. The van der Waals surface area contributed by atoms with Crippen molar-refractivity contribution >= 4 is 21.7 Å². The van der Waals surface area contributed by atoms with Crippen molar-refractivity contribution in [3.63, 3.8) is 0 Å². The fourth-order valence-corrected chi connectivity index (χ4v) is 4.32. The van der Waals surface area contributed by atoms with Crippen LogP contribution in [0.15, 0.2) is 29.2 Å². The first kappa shape index (κ1) is 18.4. The van der Waals surface area contributed by atoms with Crippen LogP contribution in [0.5, 0.6) is 0 Å². The summed E-state index contributed by atoms with van der Waals surface area (Å²) in [6.45, 7) is 3.44. The first-order valence-electron chi connectivity index (χ1n) is 7.56. The van der Waals surface area contributed by atoms with Gasteiger partial charge in [-0.1, -0.05) is 6.92 Å². The molecule has 0 bridgehead atoms.